The topological polar surface area (TPSA) is 102 Å². The van der Waals surface area contributed by atoms with Crippen LogP contribution in [0.2, 0.25) is 0 Å². The molecule has 1 aromatic heterocycles. The second-order valence-corrected chi connectivity index (χ2v) is 11.4. The van der Waals surface area contributed by atoms with Crippen LogP contribution in [-0.4, -0.2) is 71.3 Å². The first-order valence-corrected chi connectivity index (χ1v) is 13.3. The molecule has 1 aromatic carbocycles. The van der Waals surface area contributed by atoms with Crippen LogP contribution in [0.4, 0.5) is 0 Å². The summed E-state index contributed by atoms with van der Waals surface area (Å²) in [5, 5.41) is 0. The fraction of sp³-hybridized carbons (Fsp3) is 0.625. The van der Waals surface area contributed by atoms with Crippen LogP contribution in [0.15, 0.2) is 23.1 Å². The molecular weight excluding hydrogens is 456 g/mol. The van der Waals surface area contributed by atoms with E-state index in [1.54, 1.807) is 25.1 Å². The van der Waals surface area contributed by atoms with Crippen molar-refractivity contribution in [1.82, 2.24) is 18.8 Å². The molecule has 3 atom stereocenters. The summed E-state index contributed by atoms with van der Waals surface area (Å²) < 4.78 is 33.5. The quantitative estimate of drug-likeness (QED) is 0.525. The molecule has 188 valence electrons. The fourth-order valence-electron chi connectivity index (χ4n) is 4.66. The van der Waals surface area contributed by atoms with Gasteiger partial charge in [-0.2, -0.15) is 0 Å². The number of aryl methyl sites for hydroxylation is 2. The van der Waals surface area contributed by atoms with Crippen molar-refractivity contribution < 1.29 is 22.7 Å². The Labute approximate surface area is 202 Å². The van der Waals surface area contributed by atoms with Crippen molar-refractivity contribution in [1.29, 1.82) is 0 Å². The van der Waals surface area contributed by atoms with Gasteiger partial charge in [0.05, 0.1) is 22.3 Å². The third-order valence-electron chi connectivity index (χ3n) is 6.55. The number of hydrogen-bond acceptors (Lipinski definition) is 6. The molecule has 0 radical (unpaired) electrons. The molecular formula is C24H36N4O5S. The minimum Gasteiger partial charge on any atom is -0.453 e. The van der Waals surface area contributed by atoms with Gasteiger partial charge in [-0.1, -0.05) is 0 Å². The SMILES string of the molecule is CCn1c(CCC(=O)O[C@H](C)C(=O)N2[C@H](C)CCC[C@H]2C)nc2cc(S(=O)(=O)N(C)C)ccc21. The molecule has 1 saturated heterocycles. The zero-order valence-electron chi connectivity index (χ0n) is 20.9. The molecule has 0 spiro atoms. The van der Waals surface area contributed by atoms with Crippen LogP contribution in [0.1, 0.15) is 59.2 Å². The van der Waals surface area contributed by atoms with Crippen molar-refractivity contribution >= 4 is 32.9 Å². The number of hydrogen-bond donors (Lipinski definition) is 0. The Balaban J connectivity index is 1.69. The number of carbonyl (C=O) groups is 2. The molecule has 0 N–H and O–H groups in total. The first-order chi connectivity index (χ1) is 16.0. The monoisotopic (exact) mass is 492 g/mol. The second-order valence-electron chi connectivity index (χ2n) is 9.22. The van der Waals surface area contributed by atoms with Gasteiger partial charge in [0, 0.05) is 39.1 Å². The van der Waals surface area contributed by atoms with Gasteiger partial charge in [-0.15, -0.1) is 0 Å². The number of carbonyl (C=O) groups excluding carboxylic acids is 2. The van der Waals surface area contributed by atoms with Gasteiger partial charge < -0.3 is 14.2 Å². The normalized spacial score (nSPS) is 20.0. The van der Waals surface area contributed by atoms with E-state index in [0.29, 0.717) is 24.3 Å². The van der Waals surface area contributed by atoms with Gasteiger partial charge in [0.1, 0.15) is 5.82 Å². The second kappa shape index (κ2) is 10.4. The number of benzene rings is 1. The number of piperidine rings is 1. The first kappa shape index (κ1) is 26.2. The van der Waals surface area contributed by atoms with Crippen molar-refractivity contribution in [3.63, 3.8) is 0 Å². The average Bonchev–Trinajstić information content (AvgIpc) is 3.13. The lowest BCUT2D eigenvalue weighted by atomic mass is 9.97. The van der Waals surface area contributed by atoms with E-state index in [4.69, 9.17) is 4.74 Å². The number of nitrogens with zero attached hydrogens (tertiary/aromatic N) is 4. The Morgan fingerprint density at radius 2 is 1.85 bits per heavy atom. The van der Waals surface area contributed by atoms with Crippen LogP contribution < -0.4 is 0 Å². The lowest BCUT2D eigenvalue weighted by molar-refractivity contribution is -0.162. The van der Waals surface area contributed by atoms with Crippen LogP contribution >= 0.6 is 0 Å². The number of likely N-dealkylation sites (tertiary alicyclic amines) is 1. The van der Waals surface area contributed by atoms with E-state index in [0.717, 1.165) is 29.1 Å². The number of sulfonamides is 1. The molecule has 0 saturated carbocycles. The maximum atomic E-state index is 12.9. The third kappa shape index (κ3) is 5.27. The van der Waals surface area contributed by atoms with Gasteiger partial charge in [0.2, 0.25) is 10.0 Å². The smallest absolute Gasteiger partial charge is 0.307 e. The predicted octanol–water partition coefficient (Wildman–Crippen LogP) is 2.96. The number of esters is 1. The summed E-state index contributed by atoms with van der Waals surface area (Å²) in [4.78, 5) is 32.0. The highest BCUT2D eigenvalue weighted by Gasteiger charge is 2.33. The highest BCUT2D eigenvalue weighted by Crippen LogP contribution is 2.25. The van der Waals surface area contributed by atoms with Gasteiger partial charge in [0.25, 0.3) is 5.91 Å². The van der Waals surface area contributed by atoms with Crippen LogP contribution in [0.25, 0.3) is 11.0 Å². The summed E-state index contributed by atoms with van der Waals surface area (Å²) in [6, 6.07) is 5.15. The Hall–Kier alpha value is -2.46. The molecule has 34 heavy (non-hydrogen) atoms. The predicted molar refractivity (Wildman–Crippen MR) is 130 cm³/mol. The van der Waals surface area contributed by atoms with Gasteiger partial charge >= 0.3 is 5.97 Å². The maximum Gasteiger partial charge on any atom is 0.307 e. The number of aromatic nitrogens is 2. The minimum atomic E-state index is -3.57. The lowest BCUT2D eigenvalue weighted by Crippen LogP contribution is -2.51. The van der Waals surface area contributed by atoms with E-state index in [1.807, 2.05) is 30.2 Å². The Kier molecular flexibility index (Phi) is 8.02. The van der Waals surface area contributed by atoms with Crippen molar-refractivity contribution in [3.8, 4) is 0 Å². The zero-order chi connectivity index (χ0) is 25.2. The molecule has 0 unspecified atom stereocenters. The number of ether oxygens (including phenoxy) is 1. The lowest BCUT2D eigenvalue weighted by Gasteiger charge is -2.40. The summed E-state index contributed by atoms with van der Waals surface area (Å²) in [7, 11) is -0.598. The van der Waals surface area contributed by atoms with E-state index in [9.17, 15) is 18.0 Å². The molecule has 1 amide bonds. The number of fused-ring (bicyclic) bond motifs is 1. The van der Waals surface area contributed by atoms with Crippen molar-refractivity contribution in [2.75, 3.05) is 14.1 Å². The summed E-state index contributed by atoms with van der Waals surface area (Å²) in [6.07, 6.45) is 2.59. The van der Waals surface area contributed by atoms with E-state index in [1.165, 1.54) is 14.1 Å². The Morgan fingerprint density at radius 3 is 2.44 bits per heavy atom. The van der Waals surface area contributed by atoms with E-state index in [-0.39, 0.29) is 29.3 Å². The summed E-state index contributed by atoms with van der Waals surface area (Å²) in [6.45, 7) is 8.29. The highest BCUT2D eigenvalue weighted by atomic mass is 32.2. The van der Waals surface area contributed by atoms with Gasteiger partial charge in [0.15, 0.2) is 6.10 Å². The van der Waals surface area contributed by atoms with Crippen molar-refractivity contribution in [2.45, 2.75) is 89.4 Å². The third-order valence-corrected chi connectivity index (χ3v) is 8.36. The van der Waals surface area contributed by atoms with Crippen molar-refractivity contribution in [3.05, 3.63) is 24.0 Å². The molecule has 1 aliphatic heterocycles. The summed E-state index contributed by atoms with van der Waals surface area (Å²) >= 11 is 0. The van der Waals surface area contributed by atoms with E-state index in [2.05, 4.69) is 4.98 Å². The number of imidazole rings is 1. The molecule has 9 nitrogen and oxygen atoms in total. The van der Waals surface area contributed by atoms with Gasteiger partial charge in [-0.05, 0) is 65.2 Å². The van der Waals surface area contributed by atoms with Crippen molar-refractivity contribution in [2.24, 2.45) is 0 Å². The fourth-order valence-corrected chi connectivity index (χ4v) is 5.58. The minimum absolute atomic E-state index is 0.0783. The zero-order valence-corrected chi connectivity index (χ0v) is 21.8. The van der Waals surface area contributed by atoms with Gasteiger partial charge in [-0.25, -0.2) is 17.7 Å². The van der Waals surface area contributed by atoms with Crippen LogP contribution in [0.3, 0.4) is 0 Å². The maximum absolute atomic E-state index is 12.9. The molecule has 1 aliphatic rings. The molecule has 10 heteroatoms. The average molecular weight is 493 g/mol. The van der Waals surface area contributed by atoms with Crippen LogP contribution in [-0.2, 0) is 37.3 Å². The summed E-state index contributed by atoms with van der Waals surface area (Å²) in [5.41, 5.74) is 1.37. The molecule has 2 heterocycles. The Morgan fingerprint density at radius 1 is 1.21 bits per heavy atom. The van der Waals surface area contributed by atoms with E-state index >= 15 is 0 Å². The molecule has 2 aromatic rings. The highest BCUT2D eigenvalue weighted by molar-refractivity contribution is 7.89. The first-order valence-electron chi connectivity index (χ1n) is 11.9. The van der Waals surface area contributed by atoms with Crippen LogP contribution in [0, 0.1) is 0 Å². The largest absolute Gasteiger partial charge is 0.453 e. The molecule has 0 aliphatic carbocycles. The summed E-state index contributed by atoms with van der Waals surface area (Å²) in [5.74, 6) is 0.0679. The van der Waals surface area contributed by atoms with E-state index < -0.39 is 22.1 Å². The van der Waals surface area contributed by atoms with Gasteiger partial charge in [-0.3, -0.25) is 9.59 Å². The molecule has 0 bridgehead atoms. The molecule has 1 fully saturated rings. The Bertz CT molecular complexity index is 1150. The number of amides is 1. The number of rotatable bonds is 8. The standard InChI is InChI=1S/C24H36N4O5S/c1-7-27-21-12-11-19(34(31,32)26(5)6)15-20(21)25-22(27)13-14-23(29)33-18(4)24(30)28-16(2)9-8-10-17(28)3/h11-12,15-18H,7-10,13-14H2,1-6H3/t16-,17-,18-/m1/s1. The molecule has 3 rings (SSSR count). The van der Waals surface area contributed by atoms with Crippen LogP contribution in [0.5, 0.6) is 0 Å².